The fraction of sp³-hybridized carbons (Fsp3) is 0.235. The Morgan fingerprint density at radius 1 is 1.19 bits per heavy atom. The fourth-order valence-corrected chi connectivity index (χ4v) is 2.67. The van der Waals surface area contributed by atoms with E-state index in [2.05, 4.69) is 5.32 Å². The Labute approximate surface area is 128 Å². The Balaban J connectivity index is 1.68. The normalized spacial score (nSPS) is 17.1. The van der Waals surface area contributed by atoms with Crippen LogP contribution in [0.5, 0.6) is 0 Å². The monoisotopic (exact) mass is 301 g/mol. The molecule has 4 heteroatoms. The van der Waals surface area contributed by atoms with Gasteiger partial charge in [0.1, 0.15) is 6.61 Å². The molecule has 0 fully saturated rings. The number of carbonyl (C=O) groups excluding carboxylic acids is 1. The number of ether oxygens (including phenoxy) is 1. The highest BCUT2D eigenvalue weighted by Gasteiger charge is 2.27. The van der Waals surface area contributed by atoms with Crippen molar-refractivity contribution in [2.45, 2.75) is 19.1 Å². The summed E-state index contributed by atoms with van der Waals surface area (Å²) in [6.07, 6.45) is 0. The van der Waals surface area contributed by atoms with Crippen LogP contribution in [-0.4, -0.2) is 12.5 Å². The van der Waals surface area contributed by atoms with Crippen molar-refractivity contribution in [2.24, 2.45) is 0 Å². The molecule has 0 saturated carbocycles. The lowest BCUT2D eigenvalue weighted by molar-refractivity contribution is -0.146. The van der Waals surface area contributed by atoms with Crippen molar-refractivity contribution >= 4 is 17.6 Å². The maximum absolute atomic E-state index is 12.3. The average molecular weight is 302 g/mol. The molecule has 3 nitrogen and oxygen atoms in total. The number of fused-ring (bicyclic) bond motifs is 1. The molecule has 1 unspecified atom stereocenters. The quantitative estimate of drug-likeness (QED) is 0.884. The van der Waals surface area contributed by atoms with Gasteiger partial charge >= 0.3 is 5.97 Å². The van der Waals surface area contributed by atoms with E-state index in [4.69, 9.17) is 16.3 Å². The van der Waals surface area contributed by atoms with Gasteiger partial charge in [-0.15, -0.1) is 0 Å². The summed E-state index contributed by atoms with van der Waals surface area (Å²) in [6, 6.07) is 15.3. The molecule has 1 atom stereocenters. The summed E-state index contributed by atoms with van der Waals surface area (Å²) in [6.45, 7) is 1.70. The molecule has 21 heavy (non-hydrogen) atoms. The van der Waals surface area contributed by atoms with E-state index in [9.17, 15) is 4.79 Å². The molecule has 1 N–H and O–H groups in total. The first kappa shape index (κ1) is 14.1. The van der Waals surface area contributed by atoms with E-state index in [1.807, 2.05) is 36.4 Å². The fourth-order valence-electron chi connectivity index (χ4n) is 2.54. The van der Waals surface area contributed by atoms with Crippen LogP contribution in [0.3, 0.4) is 0 Å². The van der Waals surface area contributed by atoms with E-state index in [1.54, 1.807) is 12.1 Å². The summed E-state index contributed by atoms with van der Waals surface area (Å²) in [5.41, 5.74) is 3.17. The molecule has 1 heterocycles. The first-order chi connectivity index (χ1) is 10.2. The zero-order valence-corrected chi connectivity index (χ0v) is 12.3. The minimum Gasteiger partial charge on any atom is -0.460 e. The third kappa shape index (κ3) is 3.26. The van der Waals surface area contributed by atoms with E-state index in [-0.39, 0.29) is 18.5 Å². The first-order valence-corrected chi connectivity index (χ1v) is 7.31. The predicted octanol–water partition coefficient (Wildman–Crippen LogP) is 3.27. The van der Waals surface area contributed by atoms with Gasteiger partial charge < -0.3 is 10.1 Å². The van der Waals surface area contributed by atoms with E-state index in [1.165, 1.54) is 0 Å². The van der Waals surface area contributed by atoms with Crippen molar-refractivity contribution in [3.05, 3.63) is 70.2 Å². The smallest absolute Gasteiger partial charge is 0.315 e. The van der Waals surface area contributed by atoms with Crippen LogP contribution in [0.2, 0.25) is 5.02 Å². The molecule has 0 radical (unpaired) electrons. The Hall–Kier alpha value is -1.84. The average Bonchev–Trinajstić information content (AvgIpc) is 2.53. The van der Waals surface area contributed by atoms with Gasteiger partial charge in [-0.2, -0.15) is 0 Å². The maximum atomic E-state index is 12.3. The zero-order chi connectivity index (χ0) is 14.7. The molecular weight excluding hydrogens is 286 g/mol. The number of halogens is 1. The van der Waals surface area contributed by atoms with Crippen LogP contribution in [-0.2, 0) is 22.7 Å². The number of hydrogen-bond donors (Lipinski definition) is 1. The molecule has 0 amide bonds. The Morgan fingerprint density at radius 3 is 2.76 bits per heavy atom. The van der Waals surface area contributed by atoms with E-state index in [0.29, 0.717) is 11.6 Å². The third-order valence-electron chi connectivity index (χ3n) is 3.67. The minimum absolute atomic E-state index is 0.190. The molecule has 1 aliphatic rings. The Morgan fingerprint density at radius 2 is 1.95 bits per heavy atom. The summed E-state index contributed by atoms with van der Waals surface area (Å²) in [7, 11) is 0. The minimum atomic E-state index is -0.234. The highest BCUT2D eigenvalue weighted by Crippen LogP contribution is 2.25. The van der Waals surface area contributed by atoms with Crippen LogP contribution in [0.25, 0.3) is 0 Å². The molecular formula is C17H16ClNO2. The second kappa shape index (κ2) is 6.29. The van der Waals surface area contributed by atoms with Crippen LogP contribution in [0.1, 0.15) is 22.6 Å². The van der Waals surface area contributed by atoms with E-state index < -0.39 is 0 Å². The van der Waals surface area contributed by atoms with Crippen molar-refractivity contribution in [1.29, 1.82) is 0 Å². The lowest BCUT2D eigenvalue weighted by Gasteiger charge is -2.24. The summed E-state index contributed by atoms with van der Waals surface area (Å²) >= 11 is 5.84. The van der Waals surface area contributed by atoms with Crippen LogP contribution in [0.15, 0.2) is 48.5 Å². The third-order valence-corrected chi connectivity index (χ3v) is 3.93. The van der Waals surface area contributed by atoms with Gasteiger partial charge in [0, 0.05) is 18.1 Å². The number of nitrogens with one attached hydrogen (secondary N) is 1. The summed E-state index contributed by atoms with van der Waals surface area (Å²) in [5, 5.41) is 3.94. The molecule has 0 spiro atoms. The highest BCUT2D eigenvalue weighted by atomic mass is 35.5. The van der Waals surface area contributed by atoms with E-state index in [0.717, 1.165) is 23.2 Å². The topological polar surface area (TPSA) is 38.3 Å². The molecule has 2 aromatic rings. The molecule has 3 rings (SSSR count). The van der Waals surface area contributed by atoms with Crippen LogP contribution < -0.4 is 5.32 Å². The SMILES string of the molecule is O=C(OCc1ccc(Cl)cc1)C1CNCc2ccccc21. The predicted molar refractivity (Wildman–Crippen MR) is 82.1 cm³/mol. The summed E-state index contributed by atoms with van der Waals surface area (Å²) in [4.78, 5) is 12.3. The lowest BCUT2D eigenvalue weighted by atomic mass is 9.91. The molecule has 108 valence electrons. The number of esters is 1. The standard InChI is InChI=1S/C17H16ClNO2/c18-14-7-5-12(6-8-14)11-21-17(20)16-10-19-9-13-3-1-2-4-15(13)16/h1-8,16,19H,9-11H2. The Bertz CT molecular complexity index is 639. The van der Waals surface area contributed by atoms with Gasteiger partial charge in [0.05, 0.1) is 5.92 Å². The van der Waals surface area contributed by atoms with E-state index >= 15 is 0 Å². The summed E-state index contributed by atoms with van der Waals surface area (Å²) in [5.74, 6) is -0.424. The first-order valence-electron chi connectivity index (χ1n) is 6.93. The van der Waals surface area contributed by atoms with Gasteiger partial charge in [-0.05, 0) is 28.8 Å². The van der Waals surface area contributed by atoms with Crippen LogP contribution >= 0.6 is 11.6 Å². The van der Waals surface area contributed by atoms with Crippen molar-refractivity contribution in [3.63, 3.8) is 0 Å². The van der Waals surface area contributed by atoms with Gasteiger partial charge in [-0.3, -0.25) is 4.79 Å². The largest absolute Gasteiger partial charge is 0.460 e. The van der Waals surface area contributed by atoms with Gasteiger partial charge in [0.15, 0.2) is 0 Å². The number of hydrogen-bond acceptors (Lipinski definition) is 3. The number of rotatable bonds is 3. The van der Waals surface area contributed by atoms with Crippen molar-refractivity contribution in [1.82, 2.24) is 5.32 Å². The van der Waals surface area contributed by atoms with Crippen molar-refractivity contribution in [3.8, 4) is 0 Å². The highest BCUT2D eigenvalue weighted by molar-refractivity contribution is 6.30. The van der Waals surface area contributed by atoms with Crippen molar-refractivity contribution in [2.75, 3.05) is 6.54 Å². The number of benzene rings is 2. The number of carbonyl (C=O) groups is 1. The lowest BCUT2D eigenvalue weighted by Crippen LogP contribution is -2.33. The molecule has 1 aliphatic heterocycles. The summed E-state index contributed by atoms with van der Waals surface area (Å²) < 4.78 is 5.44. The maximum Gasteiger partial charge on any atom is 0.315 e. The van der Waals surface area contributed by atoms with Gasteiger partial charge in [-0.25, -0.2) is 0 Å². The molecule has 0 saturated heterocycles. The van der Waals surface area contributed by atoms with Gasteiger partial charge in [0.25, 0.3) is 0 Å². The second-order valence-corrected chi connectivity index (χ2v) is 5.55. The van der Waals surface area contributed by atoms with Crippen LogP contribution in [0.4, 0.5) is 0 Å². The molecule has 0 aromatic heterocycles. The Kier molecular flexibility index (Phi) is 4.23. The molecule has 2 aromatic carbocycles. The second-order valence-electron chi connectivity index (χ2n) is 5.12. The van der Waals surface area contributed by atoms with Crippen LogP contribution in [0, 0.1) is 0 Å². The van der Waals surface area contributed by atoms with Gasteiger partial charge in [0.2, 0.25) is 0 Å². The van der Waals surface area contributed by atoms with Gasteiger partial charge in [-0.1, -0.05) is 48.0 Å². The van der Waals surface area contributed by atoms with Crippen molar-refractivity contribution < 1.29 is 9.53 Å². The molecule has 0 bridgehead atoms. The molecule has 0 aliphatic carbocycles. The zero-order valence-electron chi connectivity index (χ0n) is 11.5.